The summed E-state index contributed by atoms with van der Waals surface area (Å²) in [6.45, 7) is 0. The first-order chi connectivity index (χ1) is 8.24. The van der Waals surface area contributed by atoms with Crippen LogP contribution in [0.5, 0.6) is 0 Å². The van der Waals surface area contributed by atoms with Crippen LogP contribution in [0, 0.1) is 5.92 Å². The summed E-state index contributed by atoms with van der Waals surface area (Å²) < 4.78 is 1.16. The van der Waals surface area contributed by atoms with Gasteiger partial charge >= 0.3 is 0 Å². The van der Waals surface area contributed by atoms with Gasteiger partial charge in [-0.3, -0.25) is 0 Å². The lowest BCUT2D eigenvalue weighted by Gasteiger charge is -2.22. The SMILES string of the molecule is OC(CCC1CCCCC1)Cc1ccc(Br)s1. The van der Waals surface area contributed by atoms with Crippen molar-refractivity contribution in [2.75, 3.05) is 0 Å². The van der Waals surface area contributed by atoms with Crippen molar-refractivity contribution in [2.24, 2.45) is 5.92 Å². The maximum absolute atomic E-state index is 10.0. The Morgan fingerprint density at radius 3 is 2.71 bits per heavy atom. The third kappa shape index (κ3) is 4.72. The summed E-state index contributed by atoms with van der Waals surface area (Å²) in [5.41, 5.74) is 0. The van der Waals surface area contributed by atoms with E-state index in [1.165, 1.54) is 43.4 Å². The van der Waals surface area contributed by atoms with Crippen molar-refractivity contribution in [2.45, 2.75) is 57.5 Å². The Labute approximate surface area is 116 Å². The fraction of sp³-hybridized carbons (Fsp3) is 0.714. The topological polar surface area (TPSA) is 20.2 Å². The zero-order valence-electron chi connectivity index (χ0n) is 10.2. The molecular weight excluding hydrogens is 296 g/mol. The molecule has 2 rings (SSSR count). The second-order valence-corrected chi connectivity index (χ2v) is 7.69. The number of thiophene rings is 1. The van der Waals surface area contributed by atoms with Crippen molar-refractivity contribution in [3.8, 4) is 0 Å². The van der Waals surface area contributed by atoms with Crippen LogP contribution in [0.2, 0.25) is 0 Å². The highest BCUT2D eigenvalue weighted by Gasteiger charge is 2.15. The molecule has 0 amide bonds. The standard InChI is InChI=1S/C14H21BrOS/c15-14-9-8-13(17-14)10-12(16)7-6-11-4-2-1-3-5-11/h8-9,11-12,16H,1-7,10H2. The van der Waals surface area contributed by atoms with Gasteiger partial charge in [-0.2, -0.15) is 0 Å². The molecule has 1 heterocycles. The highest BCUT2D eigenvalue weighted by Crippen LogP contribution is 2.29. The summed E-state index contributed by atoms with van der Waals surface area (Å²) in [7, 11) is 0. The van der Waals surface area contributed by atoms with Gasteiger partial charge in [0.05, 0.1) is 9.89 Å². The molecule has 1 atom stereocenters. The summed E-state index contributed by atoms with van der Waals surface area (Å²) in [6, 6.07) is 4.17. The molecule has 0 radical (unpaired) electrons. The summed E-state index contributed by atoms with van der Waals surface area (Å²) in [4.78, 5) is 1.29. The Morgan fingerprint density at radius 2 is 2.06 bits per heavy atom. The molecular formula is C14H21BrOS. The second-order valence-electron chi connectivity index (χ2n) is 5.15. The largest absolute Gasteiger partial charge is 0.393 e. The van der Waals surface area contributed by atoms with E-state index in [-0.39, 0.29) is 6.10 Å². The minimum absolute atomic E-state index is 0.150. The molecule has 17 heavy (non-hydrogen) atoms. The molecule has 1 aromatic rings. The zero-order chi connectivity index (χ0) is 12.1. The van der Waals surface area contributed by atoms with Gasteiger partial charge in [0, 0.05) is 11.3 Å². The van der Waals surface area contributed by atoms with Gasteiger partial charge in [-0.15, -0.1) is 11.3 Å². The van der Waals surface area contributed by atoms with Crippen LogP contribution in [0.3, 0.4) is 0 Å². The van der Waals surface area contributed by atoms with Crippen molar-refractivity contribution >= 4 is 27.3 Å². The molecule has 0 aliphatic heterocycles. The van der Waals surface area contributed by atoms with Gasteiger partial charge in [0.1, 0.15) is 0 Å². The third-order valence-electron chi connectivity index (χ3n) is 3.70. The lowest BCUT2D eigenvalue weighted by atomic mass is 9.85. The summed E-state index contributed by atoms with van der Waals surface area (Å²) >= 11 is 5.19. The summed E-state index contributed by atoms with van der Waals surface area (Å²) in [5, 5.41) is 10.0. The third-order valence-corrected chi connectivity index (χ3v) is 5.34. The lowest BCUT2D eigenvalue weighted by molar-refractivity contribution is 0.150. The molecule has 3 heteroatoms. The van der Waals surface area contributed by atoms with E-state index in [0.29, 0.717) is 0 Å². The van der Waals surface area contributed by atoms with Crippen molar-refractivity contribution in [3.63, 3.8) is 0 Å². The number of hydrogen-bond acceptors (Lipinski definition) is 2. The van der Waals surface area contributed by atoms with Crippen molar-refractivity contribution < 1.29 is 5.11 Å². The van der Waals surface area contributed by atoms with Crippen LogP contribution < -0.4 is 0 Å². The van der Waals surface area contributed by atoms with Crippen LogP contribution in [0.4, 0.5) is 0 Å². The zero-order valence-corrected chi connectivity index (χ0v) is 12.6. The predicted octanol–water partition coefficient (Wildman–Crippen LogP) is 4.77. The molecule has 1 nitrogen and oxygen atoms in total. The van der Waals surface area contributed by atoms with Gasteiger partial charge in [-0.1, -0.05) is 32.1 Å². The Bertz CT molecular complexity index is 331. The maximum Gasteiger partial charge on any atom is 0.0701 e. The number of aliphatic hydroxyl groups excluding tert-OH is 1. The Morgan fingerprint density at radius 1 is 1.29 bits per heavy atom. The molecule has 1 unspecified atom stereocenters. The monoisotopic (exact) mass is 316 g/mol. The van der Waals surface area contributed by atoms with E-state index < -0.39 is 0 Å². The average molecular weight is 317 g/mol. The molecule has 0 bridgehead atoms. The first-order valence-corrected chi connectivity index (χ1v) is 8.27. The van der Waals surface area contributed by atoms with E-state index in [1.807, 2.05) is 0 Å². The van der Waals surface area contributed by atoms with Crippen molar-refractivity contribution in [1.29, 1.82) is 0 Å². The minimum atomic E-state index is -0.150. The Hall–Kier alpha value is 0.140. The fourth-order valence-corrected chi connectivity index (χ4v) is 4.25. The summed E-state index contributed by atoms with van der Waals surface area (Å²) in [5.74, 6) is 0.883. The molecule has 0 spiro atoms. The van der Waals surface area contributed by atoms with Crippen LogP contribution in [-0.2, 0) is 6.42 Å². The van der Waals surface area contributed by atoms with E-state index in [9.17, 15) is 5.11 Å². The van der Waals surface area contributed by atoms with Crippen molar-refractivity contribution in [1.82, 2.24) is 0 Å². The van der Waals surface area contributed by atoms with Crippen LogP contribution in [0.15, 0.2) is 15.9 Å². The molecule has 1 saturated carbocycles. The van der Waals surface area contributed by atoms with Crippen LogP contribution in [0.1, 0.15) is 49.8 Å². The normalized spacial score (nSPS) is 19.4. The Balaban J connectivity index is 1.68. The Kier molecular flexibility index (Phi) is 5.51. The van der Waals surface area contributed by atoms with E-state index >= 15 is 0 Å². The minimum Gasteiger partial charge on any atom is -0.393 e. The maximum atomic E-state index is 10.0. The van der Waals surface area contributed by atoms with Crippen LogP contribution in [-0.4, -0.2) is 11.2 Å². The molecule has 1 aliphatic carbocycles. The average Bonchev–Trinajstić information content (AvgIpc) is 2.73. The van der Waals surface area contributed by atoms with Crippen LogP contribution in [0.25, 0.3) is 0 Å². The molecule has 96 valence electrons. The van der Waals surface area contributed by atoms with Gasteiger partial charge in [0.25, 0.3) is 0 Å². The summed E-state index contributed by atoms with van der Waals surface area (Å²) in [6.07, 6.45) is 9.85. The van der Waals surface area contributed by atoms with E-state index in [4.69, 9.17) is 0 Å². The number of hydrogen-bond donors (Lipinski definition) is 1. The van der Waals surface area contributed by atoms with E-state index in [1.54, 1.807) is 11.3 Å². The molecule has 0 saturated heterocycles. The first kappa shape index (κ1) is 13.6. The van der Waals surface area contributed by atoms with Gasteiger partial charge in [0.15, 0.2) is 0 Å². The number of aliphatic hydroxyl groups is 1. The second kappa shape index (κ2) is 6.91. The highest BCUT2D eigenvalue weighted by molar-refractivity contribution is 9.11. The fourth-order valence-electron chi connectivity index (χ4n) is 2.70. The van der Waals surface area contributed by atoms with Gasteiger partial charge in [0.2, 0.25) is 0 Å². The van der Waals surface area contributed by atoms with Gasteiger partial charge in [-0.05, 0) is 46.8 Å². The smallest absolute Gasteiger partial charge is 0.0701 e. The molecule has 1 aliphatic rings. The van der Waals surface area contributed by atoms with E-state index in [0.717, 1.165) is 22.5 Å². The number of halogens is 1. The lowest BCUT2D eigenvalue weighted by Crippen LogP contribution is -2.14. The molecule has 1 fully saturated rings. The van der Waals surface area contributed by atoms with Crippen molar-refractivity contribution in [3.05, 3.63) is 20.8 Å². The first-order valence-electron chi connectivity index (χ1n) is 6.66. The van der Waals surface area contributed by atoms with E-state index in [2.05, 4.69) is 28.1 Å². The number of rotatable bonds is 5. The van der Waals surface area contributed by atoms with Gasteiger partial charge in [-0.25, -0.2) is 0 Å². The molecule has 0 aromatic carbocycles. The molecule has 1 N–H and O–H groups in total. The van der Waals surface area contributed by atoms with Crippen LogP contribution >= 0.6 is 27.3 Å². The molecule has 1 aromatic heterocycles. The van der Waals surface area contributed by atoms with Gasteiger partial charge < -0.3 is 5.11 Å². The predicted molar refractivity (Wildman–Crippen MR) is 77.5 cm³/mol. The quantitative estimate of drug-likeness (QED) is 0.829. The highest BCUT2D eigenvalue weighted by atomic mass is 79.9.